The third-order valence-corrected chi connectivity index (χ3v) is 5.18. The van der Waals surface area contributed by atoms with Gasteiger partial charge in [0.15, 0.2) is 6.10 Å². The van der Waals surface area contributed by atoms with Crippen LogP contribution in [-0.2, 0) is 16.1 Å². The van der Waals surface area contributed by atoms with Gasteiger partial charge in [-0.3, -0.25) is 14.9 Å². The van der Waals surface area contributed by atoms with Crippen LogP contribution in [-0.4, -0.2) is 29.9 Å². The van der Waals surface area contributed by atoms with Crippen molar-refractivity contribution in [2.75, 3.05) is 5.32 Å². The highest BCUT2D eigenvalue weighted by molar-refractivity contribution is 7.12. The van der Waals surface area contributed by atoms with Gasteiger partial charge in [0.05, 0.1) is 10.4 Å². The molecule has 1 atom stereocenters. The van der Waals surface area contributed by atoms with Crippen LogP contribution in [0.2, 0.25) is 0 Å². The van der Waals surface area contributed by atoms with E-state index in [1.54, 1.807) is 29.6 Å². The largest absolute Gasteiger partial charge is 0.449 e. The zero-order valence-corrected chi connectivity index (χ0v) is 18.0. The summed E-state index contributed by atoms with van der Waals surface area (Å²) in [7, 11) is 0. The van der Waals surface area contributed by atoms with E-state index in [-0.39, 0.29) is 18.0 Å². The lowest BCUT2D eigenvalue weighted by molar-refractivity contribution is -0.127. The van der Waals surface area contributed by atoms with Crippen LogP contribution in [0.4, 0.5) is 10.5 Å². The maximum Gasteiger partial charge on any atom is 0.338 e. The van der Waals surface area contributed by atoms with Crippen LogP contribution in [0, 0.1) is 0 Å². The Bertz CT molecular complexity index is 1080. The number of esters is 1. The van der Waals surface area contributed by atoms with Crippen molar-refractivity contribution in [2.45, 2.75) is 19.6 Å². The van der Waals surface area contributed by atoms with E-state index < -0.39 is 24.0 Å². The van der Waals surface area contributed by atoms with Gasteiger partial charge in [0, 0.05) is 12.2 Å². The molecule has 2 aromatic carbocycles. The van der Waals surface area contributed by atoms with Gasteiger partial charge in [0.1, 0.15) is 0 Å². The highest BCUT2D eigenvalue weighted by atomic mass is 32.1. The SMILES string of the molecule is C[C@H](OC(=O)c1ccc(NC(=O)c2cccs2)cc1)C(=O)NC(=O)NCc1ccccc1. The lowest BCUT2D eigenvalue weighted by atomic mass is 10.2. The molecule has 0 aliphatic carbocycles. The quantitative estimate of drug-likeness (QED) is 0.475. The van der Waals surface area contributed by atoms with Gasteiger partial charge in [-0.05, 0) is 48.2 Å². The number of hydrogen-bond acceptors (Lipinski definition) is 6. The van der Waals surface area contributed by atoms with Gasteiger partial charge in [-0.1, -0.05) is 36.4 Å². The minimum atomic E-state index is -1.18. The van der Waals surface area contributed by atoms with Crippen molar-refractivity contribution in [3.8, 4) is 0 Å². The molecule has 9 heteroatoms. The van der Waals surface area contributed by atoms with E-state index >= 15 is 0 Å². The molecule has 3 aromatic rings. The number of amides is 4. The highest BCUT2D eigenvalue weighted by Crippen LogP contribution is 2.15. The third-order valence-electron chi connectivity index (χ3n) is 4.31. The molecule has 1 heterocycles. The normalized spacial score (nSPS) is 11.2. The monoisotopic (exact) mass is 451 g/mol. The Morgan fingerprint density at radius 2 is 1.66 bits per heavy atom. The Kier molecular flexibility index (Phi) is 7.71. The fourth-order valence-corrected chi connectivity index (χ4v) is 3.23. The maximum atomic E-state index is 12.3. The van der Waals surface area contributed by atoms with Crippen LogP contribution >= 0.6 is 11.3 Å². The number of carbonyl (C=O) groups excluding carboxylic acids is 4. The molecule has 4 amide bonds. The predicted octanol–water partition coefficient (Wildman–Crippen LogP) is 3.57. The van der Waals surface area contributed by atoms with E-state index in [0.717, 1.165) is 5.56 Å². The van der Waals surface area contributed by atoms with E-state index in [9.17, 15) is 19.2 Å². The van der Waals surface area contributed by atoms with Crippen molar-refractivity contribution in [3.63, 3.8) is 0 Å². The molecule has 0 radical (unpaired) electrons. The summed E-state index contributed by atoms with van der Waals surface area (Å²) < 4.78 is 5.13. The summed E-state index contributed by atoms with van der Waals surface area (Å²) in [5, 5.41) is 9.22. The van der Waals surface area contributed by atoms with Crippen molar-refractivity contribution in [1.29, 1.82) is 0 Å². The molecule has 0 saturated heterocycles. The number of imide groups is 1. The van der Waals surface area contributed by atoms with Crippen molar-refractivity contribution < 1.29 is 23.9 Å². The van der Waals surface area contributed by atoms with Gasteiger partial charge in [-0.2, -0.15) is 0 Å². The lowest BCUT2D eigenvalue weighted by Crippen LogP contribution is -2.44. The molecule has 3 rings (SSSR count). The van der Waals surface area contributed by atoms with Gasteiger partial charge in [-0.15, -0.1) is 11.3 Å². The summed E-state index contributed by atoms with van der Waals surface area (Å²) in [6, 6.07) is 18.1. The minimum Gasteiger partial charge on any atom is -0.449 e. The predicted molar refractivity (Wildman–Crippen MR) is 120 cm³/mol. The third kappa shape index (κ3) is 6.51. The van der Waals surface area contributed by atoms with E-state index in [1.807, 2.05) is 30.3 Å². The van der Waals surface area contributed by atoms with Gasteiger partial charge in [0.2, 0.25) is 0 Å². The molecular weight excluding hydrogens is 430 g/mol. The molecule has 0 spiro atoms. The standard InChI is InChI=1S/C23H21N3O5S/c1-15(20(27)26-23(30)24-14-16-6-3-2-4-7-16)31-22(29)17-9-11-18(12-10-17)25-21(28)19-8-5-13-32-19/h2-13,15H,14H2,1H3,(H,25,28)(H2,24,26,27,30)/t15-/m0/s1. The van der Waals surface area contributed by atoms with Gasteiger partial charge < -0.3 is 15.4 Å². The molecule has 164 valence electrons. The number of carbonyl (C=O) groups is 4. The lowest BCUT2D eigenvalue weighted by Gasteiger charge is -2.13. The second kappa shape index (κ2) is 10.9. The zero-order chi connectivity index (χ0) is 22.9. The van der Waals surface area contributed by atoms with Crippen molar-refractivity contribution >= 4 is 40.8 Å². The Morgan fingerprint density at radius 3 is 2.31 bits per heavy atom. The average molecular weight is 452 g/mol. The number of thiophene rings is 1. The van der Waals surface area contributed by atoms with Crippen molar-refractivity contribution in [2.24, 2.45) is 0 Å². The summed E-state index contributed by atoms with van der Waals surface area (Å²) in [4.78, 5) is 48.9. The fraction of sp³-hybridized carbons (Fsp3) is 0.130. The van der Waals surface area contributed by atoms with E-state index in [4.69, 9.17) is 4.74 Å². The number of anilines is 1. The first-order chi connectivity index (χ1) is 15.4. The van der Waals surface area contributed by atoms with Crippen LogP contribution in [0.5, 0.6) is 0 Å². The maximum absolute atomic E-state index is 12.3. The number of urea groups is 1. The number of ether oxygens (including phenoxy) is 1. The average Bonchev–Trinajstić information content (AvgIpc) is 3.34. The van der Waals surface area contributed by atoms with Crippen LogP contribution in [0.25, 0.3) is 0 Å². The van der Waals surface area contributed by atoms with E-state index in [2.05, 4.69) is 16.0 Å². The van der Waals surface area contributed by atoms with Crippen LogP contribution in [0.1, 0.15) is 32.5 Å². The molecule has 0 aliphatic rings. The molecule has 8 nitrogen and oxygen atoms in total. The Morgan fingerprint density at radius 1 is 0.938 bits per heavy atom. The van der Waals surface area contributed by atoms with Crippen LogP contribution in [0.3, 0.4) is 0 Å². The molecule has 0 fully saturated rings. The summed E-state index contributed by atoms with van der Waals surface area (Å²) in [6.07, 6.45) is -1.18. The molecule has 0 saturated carbocycles. The van der Waals surface area contributed by atoms with Gasteiger partial charge in [-0.25, -0.2) is 9.59 Å². The molecular formula is C23H21N3O5S. The Hall–Kier alpha value is -3.98. The molecule has 0 unspecified atom stereocenters. The summed E-state index contributed by atoms with van der Waals surface area (Å²) >= 11 is 1.32. The first-order valence-corrected chi connectivity index (χ1v) is 10.6. The molecule has 1 aromatic heterocycles. The van der Waals surface area contributed by atoms with E-state index in [0.29, 0.717) is 10.6 Å². The summed E-state index contributed by atoms with van der Waals surface area (Å²) in [6.45, 7) is 1.62. The topological polar surface area (TPSA) is 114 Å². The summed E-state index contributed by atoms with van der Waals surface area (Å²) in [5.41, 5.74) is 1.60. The molecule has 3 N–H and O–H groups in total. The van der Waals surface area contributed by atoms with Crippen LogP contribution < -0.4 is 16.0 Å². The molecule has 0 aliphatic heterocycles. The van der Waals surface area contributed by atoms with E-state index in [1.165, 1.54) is 30.4 Å². The first kappa shape index (κ1) is 22.7. The van der Waals surface area contributed by atoms with Gasteiger partial charge in [0.25, 0.3) is 11.8 Å². The minimum absolute atomic E-state index is 0.201. The summed E-state index contributed by atoms with van der Waals surface area (Å²) in [5.74, 6) is -1.72. The molecule has 0 bridgehead atoms. The van der Waals surface area contributed by atoms with Gasteiger partial charge >= 0.3 is 12.0 Å². The number of rotatable bonds is 7. The number of nitrogens with one attached hydrogen (secondary N) is 3. The van der Waals surface area contributed by atoms with Crippen LogP contribution in [0.15, 0.2) is 72.1 Å². The smallest absolute Gasteiger partial charge is 0.338 e. The van der Waals surface area contributed by atoms with Crippen molar-refractivity contribution in [1.82, 2.24) is 10.6 Å². The van der Waals surface area contributed by atoms with Crippen molar-refractivity contribution in [3.05, 3.63) is 88.1 Å². The number of hydrogen-bond donors (Lipinski definition) is 3. The first-order valence-electron chi connectivity index (χ1n) is 9.71. The second-order valence-electron chi connectivity index (χ2n) is 6.71. The Labute approximate surface area is 188 Å². The zero-order valence-electron chi connectivity index (χ0n) is 17.2. The second-order valence-corrected chi connectivity index (χ2v) is 7.66. The highest BCUT2D eigenvalue weighted by Gasteiger charge is 2.21. The Balaban J connectivity index is 1.46. The number of benzene rings is 2. The fourth-order valence-electron chi connectivity index (χ4n) is 2.61. The molecule has 32 heavy (non-hydrogen) atoms.